The summed E-state index contributed by atoms with van der Waals surface area (Å²) >= 11 is 1.74. The van der Waals surface area contributed by atoms with Gasteiger partial charge in [-0.15, -0.1) is 11.3 Å². The minimum Gasteiger partial charge on any atom is -0.371 e. The van der Waals surface area contributed by atoms with Gasteiger partial charge in [0.2, 0.25) is 0 Å². The minimum absolute atomic E-state index is 0.280. The Morgan fingerprint density at radius 1 is 1.67 bits per heavy atom. The number of thiazole rings is 1. The Labute approximate surface area is 94.9 Å². The first kappa shape index (κ1) is 11.0. The first-order valence-electron chi connectivity index (χ1n) is 5.66. The predicted molar refractivity (Wildman–Crippen MR) is 62.3 cm³/mol. The maximum atomic E-state index is 5.61. The second-order valence-corrected chi connectivity index (χ2v) is 4.67. The van der Waals surface area contributed by atoms with Gasteiger partial charge in [-0.3, -0.25) is 0 Å². The van der Waals surface area contributed by atoms with Gasteiger partial charge >= 0.3 is 0 Å². The van der Waals surface area contributed by atoms with Gasteiger partial charge in [0.1, 0.15) is 11.1 Å². The summed E-state index contributed by atoms with van der Waals surface area (Å²) in [6.07, 6.45) is 3.62. The Balaban J connectivity index is 1.86. The minimum atomic E-state index is 0.280. The number of rotatable bonds is 5. The molecule has 3 nitrogen and oxygen atoms in total. The summed E-state index contributed by atoms with van der Waals surface area (Å²) in [5.74, 6) is 0. The van der Waals surface area contributed by atoms with E-state index in [0.29, 0.717) is 0 Å². The predicted octanol–water partition coefficient (Wildman–Crippen LogP) is 2.15. The van der Waals surface area contributed by atoms with Gasteiger partial charge in [0.05, 0.1) is 5.69 Å². The molecule has 4 heteroatoms. The molecule has 1 aliphatic rings. The largest absolute Gasteiger partial charge is 0.371 e. The van der Waals surface area contributed by atoms with Crippen LogP contribution in [-0.4, -0.2) is 24.7 Å². The molecule has 2 heterocycles. The van der Waals surface area contributed by atoms with Gasteiger partial charge in [0.15, 0.2) is 0 Å². The average molecular weight is 226 g/mol. The van der Waals surface area contributed by atoms with Crippen molar-refractivity contribution < 1.29 is 4.74 Å². The summed E-state index contributed by atoms with van der Waals surface area (Å²) in [5.41, 5.74) is 1.20. The number of nitrogens with zero attached hydrogens (tertiary/aromatic N) is 1. The highest BCUT2D eigenvalue weighted by Crippen LogP contribution is 2.30. The zero-order valence-electron chi connectivity index (χ0n) is 9.16. The lowest BCUT2D eigenvalue weighted by molar-refractivity contribution is 0.111. The van der Waals surface area contributed by atoms with Crippen molar-refractivity contribution >= 4 is 11.3 Å². The van der Waals surface area contributed by atoms with E-state index in [1.807, 2.05) is 0 Å². The van der Waals surface area contributed by atoms with E-state index in [1.54, 1.807) is 11.3 Å². The van der Waals surface area contributed by atoms with Crippen LogP contribution in [0.3, 0.4) is 0 Å². The normalized spacial score (nSPS) is 21.0. The van der Waals surface area contributed by atoms with E-state index in [1.165, 1.54) is 17.1 Å². The summed E-state index contributed by atoms with van der Waals surface area (Å²) in [6.45, 7) is 5.07. The topological polar surface area (TPSA) is 34.1 Å². The van der Waals surface area contributed by atoms with Crippen LogP contribution >= 0.6 is 11.3 Å². The van der Waals surface area contributed by atoms with Crippen molar-refractivity contribution in [3.63, 3.8) is 0 Å². The highest BCUT2D eigenvalue weighted by Gasteiger charge is 2.20. The van der Waals surface area contributed by atoms with Crippen molar-refractivity contribution in [3.05, 3.63) is 16.1 Å². The summed E-state index contributed by atoms with van der Waals surface area (Å²) in [7, 11) is 0. The molecular weight excluding hydrogens is 208 g/mol. The molecule has 0 bridgehead atoms. The highest BCUT2D eigenvalue weighted by molar-refractivity contribution is 7.09. The molecule has 1 fully saturated rings. The van der Waals surface area contributed by atoms with Gasteiger partial charge in [-0.05, 0) is 19.4 Å². The van der Waals surface area contributed by atoms with Crippen molar-refractivity contribution in [1.82, 2.24) is 10.3 Å². The maximum Gasteiger partial charge on any atom is 0.122 e. The van der Waals surface area contributed by atoms with Crippen molar-refractivity contribution in [1.29, 1.82) is 0 Å². The first-order chi connectivity index (χ1) is 7.40. The van der Waals surface area contributed by atoms with E-state index in [9.17, 15) is 0 Å². The molecule has 0 saturated carbocycles. The van der Waals surface area contributed by atoms with Crippen LogP contribution in [0.1, 0.15) is 36.6 Å². The molecule has 1 aromatic rings. The number of hydrogen-bond acceptors (Lipinski definition) is 4. The van der Waals surface area contributed by atoms with E-state index in [-0.39, 0.29) is 6.10 Å². The lowest BCUT2D eigenvalue weighted by Gasteiger charge is -2.03. The second kappa shape index (κ2) is 5.58. The zero-order chi connectivity index (χ0) is 10.5. The van der Waals surface area contributed by atoms with Crippen LogP contribution in [0.5, 0.6) is 0 Å². The van der Waals surface area contributed by atoms with Gasteiger partial charge in [-0.25, -0.2) is 4.98 Å². The Hall–Kier alpha value is -0.450. The van der Waals surface area contributed by atoms with Crippen molar-refractivity contribution in [3.8, 4) is 0 Å². The Bertz CT molecular complexity index is 295. The van der Waals surface area contributed by atoms with Crippen LogP contribution < -0.4 is 5.32 Å². The van der Waals surface area contributed by atoms with Gasteiger partial charge in [-0.2, -0.15) is 0 Å². The molecule has 1 saturated heterocycles. The van der Waals surface area contributed by atoms with E-state index in [0.717, 1.165) is 32.5 Å². The molecule has 2 rings (SSSR count). The quantitative estimate of drug-likeness (QED) is 0.781. The fourth-order valence-corrected chi connectivity index (χ4v) is 2.69. The van der Waals surface area contributed by atoms with Crippen LogP contribution in [0.2, 0.25) is 0 Å². The number of hydrogen-bond donors (Lipinski definition) is 1. The first-order valence-corrected chi connectivity index (χ1v) is 6.54. The van der Waals surface area contributed by atoms with Gasteiger partial charge < -0.3 is 10.1 Å². The highest BCUT2D eigenvalue weighted by atomic mass is 32.1. The lowest BCUT2D eigenvalue weighted by atomic mass is 10.2. The van der Waals surface area contributed by atoms with Crippen molar-refractivity contribution in [2.45, 2.75) is 32.3 Å². The Morgan fingerprint density at radius 2 is 2.60 bits per heavy atom. The van der Waals surface area contributed by atoms with Crippen LogP contribution in [0.15, 0.2) is 5.38 Å². The molecule has 1 atom stereocenters. The summed E-state index contributed by atoms with van der Waals surface area (Å²) in [6, 6.07) is 0. The maximum absolute atomic E-state index is 5.61. The standard InChI is InChI=1S/C11H18N2OS/c1-2-12-6-5-9-8-15-11(13-9)10-4-3-7-14-10/h8,10,12H,2-7H2,1H3. The molecule has 84 valence electrons. The van der Waals surface area contributed by atoms with E-state index >= 15 is 0 Å². The third-order valence-corrected chi connectivity index (χ3v) is 3.57. The molecule has 1 unspecified atom stereocenters. The molecule has 1 N–H and O–H groups in total. The van der Waals surface area contributed by atoms with Crippen molar-refractivity contribution in [2.24, 2.45) is 0 Å². The van der Waals surface area contributed by atoms with Crippen LogP contribution in [0.4, 0.5) is 0 Å². The van der Waals surface area contributed by atoms with E-state index in [4.69, 9.17) is 4.74 Å². The molecule has 0 aromatic carbocycles. The number of ether oxygens (including phenoxy) is 1. The summed E-state index contributed by atoms with van der Waals surface area (Å²) in [5, 5.41) is 6.64. The molecule has 15 heavy (non-hydrogen) atoms. The molecular formula is C11H18N2OS. The lowest BCUT2D eigenvalue weighted by Crippen LogP contribution is -2.16. The SMILES string of the molecule is CCNCCc1csc(C2CCCO2)n1. The fourth-order valence-electron chi connectivity index (χ4n) is 1.75. The Morgan fingerprint density at radius 3 is 3.33 bits per heavy atom. The average Bonchev–Trinajstić information content (AvgIpc) is 2.87. The second-order valence-electron chi connectivity index (χ2n) is 3.78. The zero-order valence-corrected chi connectivity index (χ0v) is 9.98. The molecule has 1 aromatic heterocycles. The number of aromatic nitrogens is 1. The van der Waals surface area contributed by atoms with Gasteiger partial charge in [0, 0.05) is 25.0 Å². The van der Waals surface area contributed by atoms with Gasteiger partial charge in [-0.1, -0.05) is 6.92 Å². The molecule has 0 spiro atoms. The molecule has 0 radical (unpaired) electrons. The number of nitrogens with one attached hydrogen (secondary N) is 1. The molecule has 0 amide bonds. The third-order valence-electron chi connectivity index (χ3n) is 2.58. The third kappa shape index (κ3) is 3.00. The van der Waals surface area contributed by atoms with Crippen LogP contribution in [0.25, 0.3) is 0 Å². The van der Waals surface area contributed by atoms with Crippen molar-refractivity contribution in [2.75, 3.05) is 19.7 Å². The summed E-state index contributed by atoms with van der Waals surface area (Å²) in [4.78, 5) is 4.62. The van der Waals surface area contributed by atoms with E-state index in [2.05, 4.69) is 22.6 Å². The fraction of sp³-hybridized carbons (Fsp3) is 0.727. The summed E-state index contributed by atoms with van der Waals surface area (Å²) < 4.78 is 5.61. The van der Waals surface area contributed by atoms with E-state index < -0.39 is 0 Å². The monoisotopic (exact) mass is 226 g/mol. The van der Waals surface area contributed by atoms with Crippen LogP contribution in [0, 0.1) is 0 Å². The van der Waals surface area contributed by atoms with Gasteiger partial charge in [0.25, 0.3) is 0 Å². The molecule has 1 aliphatic heterocycles. The smallest absolute Gasteiger partial charge is 0.122 e. The Kier molecular flexibility index (Phi) is 4.11. The van der Waals surface area contributed by atoms with Crippen LogP contribution in [-0.2, 0) is 11.2 Å². The molecule has 0 aliphatic carbocycles. The number of likely N-dealkylation sites (N-methyl/N-ethyl adjacent to an activating group) is 1.